The van der Waals surface area contributed by atoms with Crippen molar-refractivity contribution in [1.82, 2.24) is 4.98 Å². The molecule has 2 heteroatoms. The van der Waals surface area contributed by atoms with Gasteiger partial charge in [-0.15, -0.1) is 0 Å². The van der Waals surface area contributed by atoms with Crippen molar-refractivity contribution in [1.29, 1.82) is 0 Å². The summed E-state index contributed by atoms with van der Waals surface area (Å²) >= 11 is 0. The van der Waals surface area contributed by atoms with Crippen molar-refractivity contribution in [3.63, 3.8) is 0 Å². The Hall–Kier alpha value is -0.760. The highest BCUT2D eigenvalue weighted by atomic mass is 16.3. The molecular weight excluding hydrogens is 186 g/mol. The summed E-state index contributed by atoms with van der Waals surface area (Å²) in [7, 11) is 0. The summed E-state index contributed by atoms with van der Waals surface area (Å²) in [6, 6.07) is 3.94. The Labute approximate surface area is 90.7 Å². The number of nitrogens with one attached hydrogen (secondary N) is 1. The van der Waals surface area contributed by atoms with Gasteiger partial charge in [0.2, 0.25) is 0 Å². The quantitative estimate of drug-likeness (QED) is 0.782. The van der Waals surface area contributed by atoms with Gasteiger partial charge in [0.1, 0.15) is 0 Å². The van der Waals surface area contributed by atoms with Gasteiger partial charge in [-0.1, -0.05) is 6.42 Å². The van der Waals surface area contributed by atoms with Gasteiger partial charge in [-0.25, -0.2) is 0 Å². The van der Waals surface area contributed by atoms with Crippen LogP contribution in [-0.2, 0) is 0 Å². The number of hydrogen-bond donors (Lipinski definition) is 2. The van der Waals surface area contributed by atoms with E-state index in [1.54, 1.807) is 0 Å². The monoisotopic (exact) mass is 205 g/mol. The molecule has 1 aromatic rings. The van der Waals surface area contributed by atoms with E-state index >= 15 is 0 Å². The number of aliphatic hydroxyl groups is 1. The number of aromatic nitrogens is 1. The van der Waals surface area contributed by atoms with Gasteiger partial charge in [-0.3, -0.25) is 0 Å². The molecule has 3 rings (SSSR count). The molecule has 0 radical (unpaired) electrons. The smallest absolute Gasteiger partial charge is 0.0940 e. The van der Waals surface area contributed by atoms with Gasteiger partial charge >= 0.3 is 0 Å². The first kappa shape index (κ1) is 9.46. The normalized spacial score (nSPS) is 35.9. The second-order valence-electron chi connectivity index (χ2n) is 5.31. The van der Waals surface area contributed by atoms with Crippen molar-refractivity contribution >= 4 is 0 Å². The number of rotatable bonds is 3. The summed E-state index contributed by atoms with van der Waals surface area (Å²) in [4.78, 5) is 3.10. The van der Waals surface area contributed by atoms with E-state index in [-0.39, 0.29) is 6.10 Å². The maximum atomic E-state index is 10.1. The van der Waals surface area contributed by atoms with Crippen LogP contribution in [0.5, 0.6) is 0 Å². The van der Waals surface area contributed by atoms with Crippen LogP contribution >= 0.6 is 0 Å². The summed E-state index contributed by atoms with van der Waals surface area (Å²) in [6.07, 6.45) is 8.22. The predicted molar refractivity (Wildman–Crippen MR) is 59.3 cm³/mol. The zero-order chi connectivity index (χ0) is 10.3. The molecule has 2 saturated carbocycles. The van der Waals surface area contributed by atoms with Crippen LogP contribution in [0.1, 0.15) is 43.9 Å². The predicted octanol–water partition coefficient (Wildman–Crippen LogP) is 2.87. The molecule has 4 atom stereocenters. The van der Waals surface area contributed by atoms with Gasteiger partial charge in [0.05, 0.1) is 6.10 Å². The van der Waals surface area contributed by atoms with Crippen molar-refractivity contribution in [3.05, 3.63) is 24.0 Å². The summed E-state index contributed by atoms with van der Waals surface area (Å²) < 4.78 is 0. The highest BCUT2D eigenvalue weighted by Crippen LogP contribution is 2.50. The first-order valence-corrected chi connectivity index (χ1v) is 6.14. The number of aromatic amines is 1. The van der Waals surface area contributed by atoms with E-state index in [0.29, 0.717) is 0 Å². The molecule has 1 aromatic heterocycles. The molecule has 2 N–H and O–H groups in total. The first-order chi connectivity index (χ1) is 7.33. The lowest BCUT2D eigenvalue weighted by Gasteiger charge is -2.23. The zero-order valence-corrected chi connectivity index (χ0v) is 9.02. The Morgan fingerprint density at radius 2 is 2.33 bits per heavy atom. The molecule has 1 heterocycles. The second-order valence-corrected chi connectivity index (χ2v) is 5.31. The zero-order valence-electron chi connectivity index (χ0n) is 9.02. The maximum absolute atomic E-state index is 10.1. The van der Waals surface area contributed by atoms with Crippen LogP contribution < -0.4 is 0 Å². The molecule has 15 heavy (non-hydrogen) atoms. The van der Waals surface area contributed by atoms with Gasteiger partial charge in [0.25, 0.3) is 0 Å². The standard InChI is InChI=1S/C13H19NO/c15-13(12-2-1-5-14-12)8-11-7-9-3-4-10(11)6-9/h1-2,5,9-11,13-15H,3-4,6-8H2. The lowest BCUT2D eigenvalue weighted by Crippen LogP contribution is -2.14. The van der Waals surface area contributed by atoms with Crippen LogP contribution in [0, 0.1) is 17.8 Å². The summed E-state index contributed by atoms with van der Waals surface area (Å²) in [5, 5.41) is 10.1. The largest absolute Gasteiger partial charge is 0.387 e. The molecule has 0 aromatic carbocycles. The average Bonchev–Trinajstić information content (AvgIpc) is 2.95. The van der Waals surface area contributed by atoms with E-state index in [1.165, 1.54) is 25.7 Å². The van der Waals surface area contributed by atoms with E-state index in [0.717, 1.165) is 29.9 Å². The van der Waals surface area contributed by atoms with E-state index in [4.69, 9.17) is 0 Å². The summed E-state index contributed by atoms with van der Waals surface area (Å²) in [6.45, 7) is 0. The Bertz CT molecular complexity index is 319. The lowest BCUT2D eigenvalue weighted by atomic mass is 9.84. The van der Waals surface area contributed by atoms with Gasteiger partial charge in [0, 0.05) is 11.9 Å². The van der Waals surface area contributed by atoms with Crippen molar-refractivity contribution in [2.75, 3.05) is 0 Å². The average molecular weight is 205 g/mol. The second kappa shape index (κ2) is 3.67. The lowest BCUT2D eigenvalue weighted by molar-refractivity contribution is 0.122. The van der Waals surface area contributed by atoms with E-state index in [2.05, 4.69) is 4.98 Å². The molecular formula is C13H19NO. The van der Waals surface area contributed by atoms with Gasteiger partial charge in [0.15, 0.2) is 0 Å². The molecule has 2 aliphatic carbocycles. The molecule has 0 amide bonds. The number of fused-ring (bicyclic) bond motifs is 2. The van der Waals surface area contributed by atoms with Gasteiger partial charge < -0.3 is 10.1 Å². The number of aliphatic hydroxyl groups excluding tert-OH is 1. The van der Waals surface area contributed by atoms with Crippen LogP contribution in [0.25, 0.3) is 0 Å². The Morgan fingerprint density at radius 1 is 1.40 bits per heavy atom. The van der Waals surface area contributed by atoms with E-state index in [1.807, 2.05) is 18.3 Å². The van der Waals surface area contributed by atoms with Crippen molar-refractivity contribution in [3.8, 4) is 0 Å². The van der Waals surface area contributed by atoms with Gasteiger partial charge in [-0.2, -0.15) is 0 Å². The Kier molecular flexibility index (Phi) is 2.32. The number of hydrogen-bond acceptors (Lipinski definition) is 1. The number of H-pyrrole nitrogens is 1. The highest BCUT2D eigenvalue weighted by molar-refractivity contribution is 5.07. The minimum absolute atomic E-state index is 0.274. The molecule has 2 bridgehead atoms. The van der Waals surface area contributed by atoms with Crippen LogP contribution in [0.4, 0.5) is 0 Å². The molecule has 0 spiro atoms. The van der Waals surface area contributed by atoms with Crippen LogP contribution in [-0.4, -0.2) is 10.1 Å². The molecule has 4 unspecified atom stereocenters. The third-order valence-electron chi connectivity index (χ3n) is 4.39. The van der Waals surface area contributed by atoms with Crippen LogP contribution in [0.15, 0.2) is 18.3 Å². The highest BCUT2D eigenvalue weighted by Gasteiger charge is 2.40. The summed E-state index contributed by atoms with van der Waals surface area (Å²) in [5.74, 6) is 2.68. The maximum Gasteiger partial charge on any atom is 0.0940 e. The minimum Gasteiger partial charge on any atom is -0.387 e. The van der Waals surface area contributed by atoms with Crippen LogP contribution in [0.3, 0.4) is 0 Å². The van der Waals surface area contributed by atoms with Crippen molar-refractivity contribution in [2.24, 2.45) is 17.8 Å². The van der Waals surface area contributed by atoms with E-state index < -0.39 is 0 Å². The molecule has 0 aliphatic heterocycles. The summed E-state index contributed by atoms with van der Waals surface area (Å²) in [5.41, 5.74) is 0.984. The third-order valence-corrected chi connectivity index (χ3v) is 4.39. The van der Waals surface area contributed by atoms with Crippen molar-refractivity contribution in [2.45, 2.75) is 38.2 Å². The van der Waals surface area contributed by atoms with Gasteiger partial charge in [-0.05, 0) is 55.6 Å². The fourth-order valence-electron chi connectivity index (χ4n) is 3.63. The molecule has 2 fully saturated rings. The molecule has 2 aliphatic rings. The Balaban J connectivity index is 1.62. The Morgan fingerprint density at radius 3 is 2.93 bits per heavy atom. The molecule has 82 valence electrons. The van der Waals surface area contributed by atoms with E-state index in [9.17, 15) is 5.11 Å². The van der Waals surface area contributed by atoms with Crippen molar-refractivity contribution < 1.29 is 5.11 Å². The SMILES string of the molecule is OC(CC1CC2CCC1C2)c1ccc[nH]1. The fraction of sp³-hybridized carbons (Fsp3) is 0.692. The topological polar surface area (TPSA) is 36.0 Å². The van der Waals surface area contributed by atoms with Crippen LogP contribution in [0.2, 0.25) is 0 Å². The first-order valence-electron chi connectivity index (χ1n) is 6.14. The molecule has 2 nitrogen and oxygen atoms in total. The fourth-order valence-corrected chi connectivity index (χ4v) is 3.63. The minimum atomic E-state index is -0.274. The third kappa shape index (κ3) is 1.71. The molecule has 0 saturated heterocycles.